The number of allylic oxidation sites excluding steroid dienone is 1. The van der Waals surface area contributed by atoms with Gasteiger partial charge in [0, 0.05) is 34.5 Å². The molecule has 2 saturated heterocycles. The van der Waals surface area contributed by atoms with Gasteiger partial charge in [0.25, 0.3) is 0 Å². The largest absolute Gasteiger partial charge is 0.507 e. The van der Waals surface area contributed by atoms with Crippen molar-refractivity contribution in [3.05, 3.63) is 57.7 Å². The molecule has 11 nitrogen and oxygen atoms in total. The summed E-state index contributed by atoms with van der Waals surface area (Å²) in [6.07, 6.45) is 7.73. The Kier molecular flexibility index (Phi) is 9.52. The molecule has 2 aromatic carbocycles. The number of phenols is 1. The Morgan fingerprint density at radius 1 is 1.31 bits per heavy atom. The minimum Gasteiger partial charge on any atom is -0.507 e. The number of nitriles is 1. The Bertz CT molecular complexity index is 2030. The van der Waals surface area contributed by atoms with Gasteiger partial charge in [-0.2, -0.15) is 5.26 Å². The van der Waals surface area contributed by atoms with E-state index in [1.165, 1.54) is 6.07 Å². The summed E-state index contributed by atoms with van der Waals surface area (Å²) in [6, 6.07) is 5.03. The number of rotatable bonds is 10. The van der Waals surface area contributed by atoms with Crippen LogP contribution in [0.15, 0.2) is 29.1 Å². The highest BCUT2D eigenvalue weighted by Gasteiger charge is 2.47. The van der Waals surface area contributed by atoms with Crippen LogP contribution in [0.5, 0.6) is 5.75 Å². The van der Waals surface area contributed by atoms with Crippen molar-refractivity contribution in [3.8, 4) is 22.9 Å². The number of hydrogen-bond donors (Lipinski definition) is 5. The molecule has 7 rings (SSSR count). The lowest BCUT2D eigenvalue weighted by Crippen LogP contribution is -2.43. The topological polar surface area (TPSA) is 173 Å². The van der Waals surface area contributed by atoms with Crippen molar-refractivity contribution >= 4 is 44.1 Å². The molecule has 1 aliphatic carbocycles. The highest BCUT2D eigenvalue weighted by atomic mass is 32.1. The van der Waals surface area contributed by atoms with Crippen LogP contribution in [0.4, 0.5) is 9.39 Å². The predicted octanol–water partition coefficient (Wildman–Crippen LogP) is 7.07. The first-order valence-corrected chi connectivity index (χ1v) is 18.5. The van der Waals surface area contributed by atoms with E-state index in [-0.39, 0.29) is 64.0 Å². The molecule has 1 aromatic heterocycles. The van der Waals surface area contributed by atoms with Crippen LogP contribution in [0.2, 0.25) is 0 Å². The summed E-state index contributed by atoms with van der Waals surface area (Å²) < 4.78 is 33.4. The van der Waals surface area contributed by atoms with Gasteiger partial charge in [0.2, 0.25) is 5.90 Å². The monoisotopic (exact) mass is 713 g/mol. The summed E-state index contributed by atoms with van der Waals surface area (Å²) in [4.78, 5) is 7.39. The summed E-state index contributed by atoms with van der Waals surface area (Å²) in [7, 11) is 0. The van der Waals surface area contributed by atoms with Gasteiger partial charge in [-0.25, -0.2) is 4.39 Å². The van der Waals surface area contributed by atoms with Crippen molar-refractivity contribution in [3.63, 3.8) is 0 Å². The molecule has 4 aliphatic rings. The molecule has 2 unspecified atom stereocenters. The number of benzene rings is 2. The van der Waals surface area contributed by atoms with Crippen molar-refractivity contribution in [1.82, 2.24) is 10.2 Å². The molecule has 13 heteroatoms. The Balaban J connectivity index is 1.30. The van der Waals surface area contributed by atoms with Gasteiger partial charge in [-0.1, -0.05) is 19.9 Å². The van der Waals surface area contributed by atoms with Crippen LogP contribution in [-0.4, -0.2) is 59.4 Å². The number of nitrogen functional groups attached to an aromatic ring is 1. The van der Waals surface area contributed by atoms with Crippen LogP contribution in [-0.2, 0) is 27.4 Å². The van der Waals surface area contributed by atoms with Crippen molar-refractivity contribution < 1.29 is 23.7 Å². The second-order valence-corrected chi connectivity index (χ2v) is 15.3. The average molecular weight is 714 g/mol. The summed E-state index contributed by atoms with van der Waals surface area (Å²) in [5, 5.41) is 42.7. The molecule has 4 heterocycles. The third kappa shape index (κ3) is 6.45. The maximum atomic E-state index is 15.0. The predicted molar refractivity (Wildman–Crippen MR) is 197 cm³/mol. The third-order valence-electron chi connectivity index (χ3n) is 10.6. The number of phenolic OH excluding ortho intramolecular Hbond substituents is 1. The maximum absolute atomic E-state index is 15.0. The van der Waals surface area contributed by atoms with Gasteiger partial charge in [-0.05, 0) is 86.7 Å². The number of nitrogens with one attached hydrogen (secondary N) is 3. The number of amidine groups is 1. The number of nitrogens with zero attached hydrogens (tertiary/aromatic N) is 3. The first-order chi connectivity index (χ1) is 24.5. The van der Waals surface area contributed by atoms with Crippen LogP contribution in [0.25, 0.3) is 21.2 Å². The Labute approximate surface area is 300 Å². The van der Waals surface area contributed by atoms with E-state index >= 15 is 4.39 Å². The number of ether oxygens (including phenoxy) is 3. The lowest BCUT2D eigenvalue weighted by molar-refractivity contribution is 0.0680. The van der Waals surface area contributed by atoms with Gasteiger partial charge in [0.15, 0.2) is 11.8 Å². The van der Waals surface area contributed by atoms with Crippen LogP contribution < -0.4 is 11.1 Å². The van der Waals surface area contributed by atoms with Gasteiger partial charge in [0.05, 0.1) is 29.0 Å². The van der Waals surface area contributed by atoms with Gasteiger partial charge in [0.1, 0.15) is 41.6 Å². The third-order valence-corrected chi connectivity index (χ3v) is 11.6. The Morgan fingerprint density at radius 3 is 2.84 bits per heavy atom. The number of anilines is 1. The summed E-state index contributed by atoms with van der Waals surface area (Å²) in [5.74, 6) is 0.910. The molecular weight excluding hydrogens is 670 g/mol. The van der Waals surface area contributed by atoms with E-state index in [1.54, 1.807) is 13.0 Å². The van der Waals surface area contributed by atoms with Crippen molar-refractivity contribution in [2.45, 2.75) is 78.0 Å². The molecule has 6 N–H and O–H groups in total. The first kappa shape index (κ1) is 34.9. The Hall–Kier alpha value is -4.51. The number of hydrogen-bond acceptors (Lipinski definition) is 11. The fraction of sp³-hybridized carbons (Fsp3) is 0.474. The highest BCUT2D eigenvalue weighted by molar-refractivity contribution is 7.23. The molecule has 2 atom stereocenters. The SMILES string of the molecule is CC/C=C(/NC(=NCC(=N)OC(=N)C1CC1)c1c(C)c(O)c(-c2ccc(F)c3sc(N)c(C#N)c23)c2c1COC2)OCC12CCCN1CC(C)C2. The molecule has 51 heavy (non-hydrogen) atoms. The average Bonchev–Trinajstić information content (AvgIpc) is 3.39. The maximum Gasteiger partial charge on any atom is 0.210 e. The van der Waals surface area contributed by atoms with Gasteiger partial charge in [-0.15, -0.1) is 11.3 Å². The zero-order valence-corrected chi connectivity index (χ0v) is 30.1. The zero-order chi connectivity index (χ0) is 36.0. The second-order valence-electron chi connectivity index (χ2n) is 14.2. The fourth-order valence-corrected chi connectivity index (χ4v) is 9.03. The van der Waals surface area contributed by atoms with Crippen LogP contribution in [0, 0.1) is 46.7 Å². The lowest BCUT2D eigenvalue weighted by atomic mass is 9.86. The summed E-state index contributed by atoms with van der Waals surface area (Å²) >= 11 is 1.01. The molecule has 0 radical (unpaired) electrons. The van der Waals surface area contributed by atoms with Crippen molar-refractivity contribution in [1.29, 1.82) is 16.1 Å². The molecule has 0 bridgehead atoms. The van der Waals surface area contributed by atoms with Gasteiger partial charge in [-0.3, -0.25) is 20.7 Å². The van der Waals surface area contributed by atoms with E-state index < -0.39 is 5.82 Å². The number of fused-ring (bicyclic) bond motifs is 3. The van der Waals surface area contributed by atoms with E-state index in [0.29, 0.717) is 63.9 Å². The molecule has 0 amide bonds. The number of aliphatic imine (C=N–C) groups is 1. The van der Waals surface area contributed by atoms with Crippen molar-refractivity contribution in [2.75, 3.05) is 32.0 Å². The molecule has 3 fully saturated rings. The first-order valence-electron chi connectivity index (χ1n) is 17.6. The molecule has 1 saturated carbocycles. The van der Waals surface area contributed by atoms with Crippen LogP contribution in [0.1, 0.15) is 80.2 Å². The molecular formula is C38H44FN7O4S. The molecule has 3 aliphatic heterocycles. The minimum absolute atomic E-state index is 0.0108. The highest BCUT2D eigenvalue weighted by Crippen LogP contribution is 2.48. The standard InChI is InChI=1S/C38H44FN7O4S/c1-4-6-29(49-19-38-11-5-12-46(38)16-20(2)13-38)45-37(44-15-28(41)50-35(42)22-7-8-22)30-21(3)33(47)31(26-18-48-17-25(26)30)23-9-10-27(39)34-32(23)24(14-40)36(43)51-34/h6,9-10,20,22,41-42,47H,4-5,7-8,11-13,15-19,43H2,1-3H3,(H,44,45)/b29-6-,41-28?,42-35?. The number of aromatic hydroxyl groups is 1. The van der Waals surface area contributed by atoms with E-state index in [2.05, 4.69) is 23.2 Å². The molecule has 3 aromatic rings. The van der Waals surface area contributed by atoms with Crippen LogP contribution in [0.3, 0.4) is 0 Å². The fourth-order valence-electron chi connectivity index (χ4n) is 8.08. The van der Waals surface area contributed by atoms with Gasteiger partial charge >= 0.3 is 0 Å². The number of thiophene rings is 1. The summed E-state index contributed by atoms with van der Waals surface area (Å²) in [6.45, 7) is 8.99. The smallest absolute Gasteiger partial charge is 0.210 e. The lowest BCUT2D eigenvalue weighted by Gasteiger charge is -2.32. The molecule has 0 spiro atoms. The number of nitrogens with two attached hydrogens (primary N) is 1. The second kappa shape index (κ2) is 13.9. The van der Waals surface area contributed by atoms with Crippen molar-refractivity contribution in [2.24, 2.45) is 16.8 Å². The van der Waals surface area contributed by atoms with E-state index in [9.17, 15) is 10.4 Å². The zero-order valence-electron chi connectivity index (χ0n) is 29.2. The Morgan fingerprint density at radius 2 is 2.10 bits per heavy atom. The summed E-state index contributed by atoms with van der Waals surface area (Å²) in [5.41, 5.74) is 9.80. The minimum atomic E-state index is -0.492. The molecule has 268 valence electrons. The van der Waals surface area contributed by atoms with E-state index in [0.717, 1.165) is 62.1 Å². The van der Waals surface area contributed by atoms with E-state index in [1.807, 2.05) is 13.0 Å². The quantitative estimate of drug-likeness (QED) is 0.0843. The normalized spacial score (nSPS) is 21.8. The van der Waals surface area contributed by atoms with E-state index in [4.69, 9.17) is 35.8 Å². The van der Waals surface area contributed by atoms with Gasteiger partial charge < -0.3 is 30.4 Å². The number of halogens is 1. The van der Waals surface area contributed by atoms with Crippen LogP contribution >= 0.6 is 11.3 Å².